The maximum atomic E-state index is 12.3. The van der Waals surface area contributed by atoms with Crippen LogP contribution in [0.4, 0.5) is 5.69 Å². The number of pyridine rings is 1. The molecule has 0 aliphatic rings. The van der Waals surface area contributed by atoms with Gasteiger partial charge in [-0.25, -0.2) is 0 Å². The number of furan rings is 1. The number of anilines is 1. The van der Waals surface area contributed by atoms with Crippen LogP contribution in [0.1, 0.15) is 36.7 Å². The molecule has 6 nitrogen and oxygen atoms in total. The van der Waals surface area contributed by atoms with Gasteiger partial charge in [0.15, 0.2) is 10.9 Å². The molecule has 0 aliphatic heterocycles. The summed E-state index contributed by atoms with van der Waals surface area (Å²) in [6.07, 6.45) is 6.62. The summed E-state index contributed by atoms with van der Waals surface area (Å²) in [5.41, 5.74) is 1.36. The summed E-state index contributed by atoms with van der Waals surface area (Å²) in [5, 5.41) is 6.52. The van der Waals surface area contributed by atoms with Gasteiger partial charge in [-0.05, 0) is 55.0 Å². The first-order valence-electron chi connectivity index (χ1n) is 8.84. The monoisotopic (exact) mass is 383 g/mol. The number of hydrogen-bond acceptors (Lipinski definition) is 5. The molecule has 0 unspecified atom stereocenters. The number of fused-ring (bicyclic) bond motifs is 1. The Morgan fingerprint density at radius 2 is 2.04 bits per heavy atom. The quantitative estimate of drug-likeness (QED) is 0.461. The molecule has 3 aromatic rings. The van der Waals surface area contributed by atoms with E-state index in [1.54, 1.807) is 24.5 Å². The number of thiocarbonyl (C=S) groups is 1. The zero-order valence-corrected chi connectivity index (χ0v) is 15.8. The summed E-state index contributed by atoms with van der Waals surface area (Å²) < 4.78 is 11.2. The summed E-state index contributed by atoms with van der Waals surface area (Å²) in [7, 11) is 0. The molecule has 0 atom stereocenters. The van der Waals surface area contributed by atoms with E-state index in [1.807, 2.05) is 24.3 Å². The highest BCUT2D eigenvalue weighted by Gasteiger charge is 2.13. The third-order valence-electron chi connectivity index (χ3n) is 3.90. The molecule has 2 N–H and O–H groups in total. The van der Waals surface area contributed by atoms with E-state index in [1.165, 1.54) is 6.42 Å². The summed E-state index contributed by atoms with van der Waals surface area (Å²) in [4.78, 5) is 16.3. The minimum absolute atomic E-state index is 0.179. The number of ether oxygens (including phenoxy) is 1. The molecule has 0 radical (unpaired) electrons. The van der Waals surface area contributed by atoms with Crippen molar-refractivity contribution in [3.63, 3.8) is 0 Å². The molecular weight excluding hydrogens is 362 g/mol. The summed E-state index contributed by atoms with van der Waals surface area (Å²) >= 11 is 5.20. The van der Waals surface area contributed by atoms with E-state index >= 15 is 0 Å². The fraction of sp³-hybridized carbons (Fsp3) is 0.250. The molecule has 0 saturated heterocycles. The Kier molecular flexibility index (Phi) is 6.38. The molecular formula is C20H21N3O3S. The Morgan fingerprint density at radius 1 is 1.22 bits per heavy atom. The Hall–Kier alpha value is -2.93. The molecule has 0 spiro atoms. The Morgan fingerprint density at radius 3 is 2.78 bits per heavy atom. The van der Waals surface area contributed by atoms with Gasteiger partial charge in [0.2, 0.25) is 0 Å². The maximum absolute atomic E-state index is 12.3. The molecule has 3 rings (SSSR count). The molecule has 1 aromatic carbocycles. The minimum atomic E-state index is -0.417. The summed E-state index contributed by atoms with van der Waals surface area (Å²) in [6, 6.07) is 10.8. The van der Waals surface area contributed by atoms with E-state index in [4.69, 9.17) is 21.4 Å². The minimum Gasteiger partial charge on any atom is -0.494 e. The molecule has 7 heteroatoms. The smallest absolute Gasteiger partial charge is 0.293 e. The van der Waals surface area contributed by atoms with Crippen LogP contribution >= 0.6 is 12.2 Å². The lowest BCUT2D eigenvalue weighted by molar-refractivity contribution is 0.0953. The topological polar surface area (TPSA) is 76.4 Å². The molecule has 0 fully saturated rings. The van der Waals surface area contributed by atoms with Gasteiger partial charge in [-0.3, -0.25) is 15.1 Å². The fourth-order valence-corrected chi connectivity index (χ4v) is 2.71. The van der Waals surface area contributed by atoms with Crippen LogP contribution in [0, 0.1) is 0 Å². The van der Waals surface area contributed by atoms with Gasteiger partial charge < -0.3 is 14.5 Å². The molecule has 2 heterocycles. The largest absolute Gasteiger partial charge is 0.494 e. The van der Waals surface area contributed by atoms with E-state index in [-0.39, 0.29) is 10.9 Å². The van der Waals surface area contributed by atoms with E-state index < -0.39 is 5.91 Å². The molecule has 0 bridgehead atoms. The molecule has 140 valence electrons. The molecule has 0 aliphatic carbocycles. The zero-order chi connectivity index (χ0) is 19.1. The number of amides is 1. The highest BCUT2D eigenvalue weighted by atomic mass is 32.1. The van der Waals surface area contributed by atoms with Gasteiger partial charge in [0.05, 0.1) is 6.61 Å². The van der Waals surface area contributed by atoms with Crippen molar-refractivity contribution in [1.82, 2.24) is 10.3 Å². The molecule has 0 saturated carbocycles. The Bertz CT molecular complexity index is 889. The number of carbonyl (C=O) groups excluding carboxylic acids is 1. The molecule has 1 amide bonds. The second-order valence-corrected chi connectivity index (χ2v) is 6.42. The lowest BCUT2D eigenvalue weighted by Crippen LogP contribution is -2.33. The van der Waals surface area contributed by atoms with Crippen LogP contribution in [0.3, 0.4) is 0 Å². The van der Waals surface area contributed by atoms with Crippen LogP contribution in [0.5, 0.6) is 5.75 Å². The number of benzene rings is 1. The third kappa shape index (κ3) is 5.27. The number of unbranched alkanes of at least 4 members (excludes halogenated alkanes) is 2. The number of hydrogen-bond donors (Lipinski definition) is 2. The van der Waals surface area contributed by atoms with Crippen LogP contribution in [0.2, 0.25) is 0 Å². The van der Waals surface area contributed by atoms with Gasteiger partial charge in [-0.15, -0.1) is 0 Å². The van der Waals surface area contributed by atoms with E-state index in [0.29, 0.717) is 12.2 Å². The van der Waals surface area contributed by atoms with Crippen molar-refractivity contribution in [2.24, 2.45) is 0 Å². The van der Waals surface area contributed by atoms with Gasteiger partial charge in [0.1, 0.15) is 11.3 Å². The van der Waals surface area contributed by atoms with Crippen LogP contribution in [0.15, 0.2) is 53.2 Å². The predicted molar refractivity (Wildman–Crippen MR) is 109 cm³/mol. The van der Waals surface area contributed by atoms with Gasteiger partial charge in [-0.2, -0.15) is 0 Å². The lowest BCUT2D eigenvalue weighted by atomic mass is 10.2. The van der Waals surface area contributed by atoms with Crippen LogP contribution in [-0.2, 0) is 0 Å². The third-order valence-corrected chi connectivity index (χ3v) is 4.10. The lowest BCUT2D eigenvalue weighted by Gasteiger charge is -2.10. The highest BCUT2D eigenvalue weighted by Crippen LogP contribution is 2.18. The van der Waals surface area contributed by atoms with Crippen molar-refractivity contribution in [2.75, 3.05) is 11.9 Å². The van der Waals surface area contributed by atoms with E-state index in [9.17, 15) is 4.79 Å². The number of carbonyl (C=O) groups is 1. The average Bonchev–Trinajstić information content (AvgIpc) is 3.11. The van der Waals surface area contributed by atoms with Crippen molar-refractivity contribution in [3.8, 4) is 5.75 Å². The highest BCUT2D eigenvalue weighted by molar-refractivity contribution is 7.80. The predicted octanol–water partition coefficient (Wildman–Crippen LogP) is 4.52. The standard InChI is InChI=1S/C20H21N3O3S/c1-2-3-4-11-25-16-7-5-15(6-8-16)22-20(27)23-19(24)18-12-14-13-21-10-9-17(14)26-18/h5-10,12-13H,2-4,11H2,1H3,(H2,22,23,24,27). The summed E-state index contributed by atoms with van der Waals surface area (Å²) in [6.45, 7) is 2.87. The van der Waals surface area contributed by atoms with Crippen molar-refractivity contribution < 1.29 is 13.9 Å². The first kappa shape index (κ1) is 18.8. The summed E-state index contributed by atoms with van der Waals surface area (Å²) in [5.74, 6) is 0.569. The van der Waals surface area contributed by atoms with E-state index in [2.05, 4.69) is 22.5 Å². The van der Waals surface area contributed by atoms with Crippen molar-refractivity contribution in [1.29, 1.82) is 0 Å². The van der Waals surface area contributed by atoms with Crippen molar-refractivity contribution in [2.45, 2.75) is 26.2 Å². The van der Waals surface area contributed by atoms with Crippen molar-refractivity contribution >= 4 is 39.9 Å². The van der Waals surface area contributed by atoms with Gasteiger partial charge >= 0.3 is 0 Å². The van der Waals surface area contributed by atoms with E-state index in [0.717, 1.165) is 29.7 Å². The molecule has 27 heavy (non-hydrogen) atoms. The second-order valence-electron chi connectivity index (χ2n) is 6.01. The Balaban J connectivity index is 1.51. The van der Waals surface area contributed by atoms with Crippen LogP contribution in [-0.4, -0.2) is 22.6 Å². The van der Waals surface area contributed by atoms with Crippen molar-refractivity contribution in [3.05, 3.63) is 54.6 Å². The first-order chi connectivity index (χ1) is 13.2. The zero-order valence-electron chi connectivity index (χ0n) is 15.0. The normalized spacial score (nSPS) is 10.6. The Labute approximate surface area is 162 Å². The van der Waals surface area contributed by atoms with Gasteiger partial charge in [-0.1, -0.05) is 19.8 Å². The maximum Gasteiger partial charge on any atom is 0.293 e. The number of nitrogens with zero attached hydrogens (tertiary/aromatic N) is 1. The average molecular weight is 383 g/mol. The first-order valence-corrected chi connectivity index (χ1v) is 9.25. The number of rotatable bonds is 7. The second kappa shape index (κ2) is 9.14. The molecule has 2 aromatic heterocycles. The number of aromatic nitrogens is 1. The van der Waals surface area contributed by atoms with Crippen LogP contribution in [0.25, 0.3) is 11.0 Å². The van der Waals surface area contributed by atoms with Gasteiger partial charge in [0, 0.05) is 23.5 Å². The number of nitrogens with one attached hydrogen (secondary N) is 2. The fourth-order valence-electron chi connectivity index (χ4n) is 2.50. The van der Waals surface area contributed by atoms with Crippen LogP contribution < -0.4 is 15.4 Å². The SMILES string of the molecule is CCCCCOc1ccc(NC(=S)NC(=O)c2cc3cnccc3o2)cc1. The van der Waals surface area contributed by atoms with Gasteiger partial charge in [0.25, 0.3) is 5.91 Å².